The second-order valence-corrected chi connectivity index (χ2v) is 4.87. The Bertz CT molecular complexity index is 712. The lowest BCUT2D eigenvalue weighted by Gasteiger charge is -2.04. The number of hydrogen-bond donors (Lipinski definition) is 3. The van der Waals surface area contributed by atoms with Gasteiger partial charge in [-0.3, -0.25) is 10.1 Å². The Kier molecular flexibility index (Phi) is 5.16. The third-order valence-corrected chi connectivity index (χ3v) is 2.97. The van der Waals surface area contributed by atoms with Crippen LogP contribution in [0.5, 0.6) is 0 Å². The van der Waals surface area contributed by atoms with Crippen LogP contribution in [0.2, 0.25) is 5.02 Å². The van der Waals surface area contributed by atoms with E-state index >= 15 is 0 Å². The van der Waals surface area contributed by atoms with Gasteiger partial charge in [0, 0.05) is 22.5 Å². The van der Waals surface area contributed by atoms with E-state index in [1.54, 1.807) is 48.5 Å². The zero-order valence-corrected chi connectivity index (χ0v) is 12.3. The molecule has 2 aromatic carbocycles. The fourth-order valence-electron chi connectivity index (χ4n) is 1.67. The molecule has 0 atom stereocenters. The number of benzene rings is 2. The minimum Gasteiger partial charge on any atom is -0.399 e. The molecule has 6 heteroatoms. The first-order valence-electron chi connectivity index (χ1n) is 6.44. The topological polar surface area (TPSA) is 84.2 Å². The number of halogens is 1. The number of nitrogen functional groups attached to an aromatic ring is 1. The monoisotopic (exact) mass is 315 g/mol. The first kappa shape index (κ1) is 15.6. The molecule has 0 radical (unpaired) electrons. The van der Waals surface area contributed by atoms with Crippen LogP contribution in [0.3, 0.4) is 0 Å². The molecule has 0 saturated carbocycles. The summed E-state index contributed by atoms with van der Waals surface area (Å²) in [6.07, 6.45) is 3.09. The van der Waals surface area contributed by atoms with Crippen molar-refractivity contribution < 1.29 is 9.59 Å². The van der Waals surface area contributed by atoms with E-state index in [-0.39, 0.29) is 0 Å². The summed E-state index contributed by atoms with van der Waals surface area (Å²) in [5.74, 6) is -0.506. The molecule has 0 spiro atoms. The highest BCUT2D eigenvalue weighted by molar-refractivity contribution is 6.30. The Morgan fingerprint density at radius 1 is 1.09 bits per heavy atom. The second-order valence-electron chi connectivity index (χ2n) is 4.44. The lowest BCUT2D eigenvalue weighted by Crippen LogP contribution is -2.36. The van der Waals surface area contributed by atoms with Gasteiger partial charge in [0.1, 0.15) is 0 Å². The summed E-state index contributed by atoms with van der Waals surface area (Å²) in [7, 11) is 0. The summed E-state index contributed by atoms with van der Waals surface area (Å²) in [5.41, 5.74) is 7.26. The van der Waals surface area contributed by atoms with Crippen molar-refractivity contribution in [3.8, 4) is 0 Å². The summed E-state index contributed by atoms with van der Waals surface area (Å²) in [6.45, 7) is 0. The van der Waals surface area contributed by atoms with Crippen molar-refractivity contribution in [2.75, 3.05) is 5.73 Å². The quantitative estimate of drug-likeness (QED) is 0.761. The van der Waals surface area contributed by atoms with E-state index in [0.29, 0.717) is 16.3 Å². The molecule has 0 saturated heterocycles. The molecule has 0 bridgehead atoms. The number of imide groups is 1. The number of urea groups is 1. The van der Waals surface area contributed by atoms with E-state index in [1.807, 2.05) is 6.07 Å². The average molecular weight is 316 g/mol. The zero-order chi connectivity index (χ0) is 15.9. The number of nitrogens with two attached hydrogens (primary N) is 1. The van der Waals surface area contributed by atoms with Crippen LogP contribution >= 0.6 is 11.6 Å². The van der Waals surface area contributed by atoms with E-state index in [1.165, 1.54) is 6.20 Å². The molecule has 5 nitrogen and oxygen atoms in total. The lowest BCUT2D eigenvalue weighted by molar-refractivity contribution is 0.0965. The fraction of sp³-hybridized carbons (Fsp3) is 0. The number of hydrogen-bond acceptors (Lipinski definition) is 3. The highest BCUT2D eigenvalue weighted by atomic mass is 35.5. The molecule has 0 heterocycles. The minimum atomic E-state index is -0.625. The van der Waals surface area contributed by atoms with Crippen molar-refractivity contribution in [2.24, 2.45) is 0 Å². The number of nitrogens with one attached hydrogen (secondary N) is 2. The van der Waals surface area contributed by atoms with Crippen LogP contribution in [-0.2, 0) is 0 Å². The average Bonchev–Trinajstić information content (AvgIpc) is 2.48. The summed E-state index contributed by atoms with van der Waals surface area (Å²) in [4.78, 5) is 23.4. The van der Waals surface area contributed by atoms with E-state index in [0.717, 1.165) is 5.56 Å². The van der Waals surface area contributed by atoms with Gasteiger partial charge in [0.05, 0.1) is 0 Å². The predicted octanol–water partition coefficient (Wildman–Crippen LogP) is 3.03. The Morgan fingerprint density at radius 2 is 1.82 bits per heavy atom. The molecule has 0 unspecified atom stereocenters. The van der Waals surface area contributed by atoms with Crippen molar-refractivity contribution in [1.82, 2.24) is 10.6 Å². The summed E-state index contributed by atoms with van der Waals surface area (Å²) in [5, 5.41) is 5.25. The van der Waals surface area contributed by atoms with Crippen LogP contribution < -0.4 is 16.4 Å². The summed E-state index contributed by atoms with van der Waals surface area (Å²) in [6, 6.07) is 12.8. The highest BCUT2D eigenvalue weighted by Gasteiger charge is 2.08. The molecule has 112 valence electrons. The van der Waals surface area contributed by atoms with Gasteiger partial charge in [0.25, 0.3) is 5.91 Å². The van der Waals surface area contributed by atoms with E-state index < -0.39 is 11.9 Å². The number of carbonyl (C=O) groups is 2. The maximum atomic E-state index is 11.8. The van der Waals surface area contributed by atoms with Gasteiger partial charge in [0.15, 0.2) is 0 Å². The molecule has 0 aliphatic heterocycles. The first-order chi connectivity index (χ1) is 10.5. The largest absolute Gasteiger partial charge is 0.399 e. The standard InChI is InChI=1S/C16H14ClN3O2/c17-13-3-1-2-11(10-13)8-9-19-16(22)20-15(21)12-4-6-14(18)7-5-12/h1-10H,18H2,(H2,19,20,21,22)/b9-8+. The van der Waals surface area contributed by atoms with Gasteiger partial charge < -0.3 is 11.1 Å². The minimum absolute atomic E-state index is 0.350. The van der Waals surface area contributed by atoms with Gasteiger partial charge in [-0.1, -0.05) is 23.7 Å². The molecule has 0 fully saturated rings. The van der Waals surface area contributed by atoms with Gasteiger partial charge in [-0.15, -0.1) is 0 Å². The molecule has 0 aliphatic carbocycles. The molecule has 22 heavy (non-hydrogen) atoms. The third kappa shape index (κ3) is 4.64. The molecule has 3 amide bonds. The molecular weight excluding hydrogens is 302 g/mol. The second kappa shape index (κ2) is 7.28. The molecule has 0 aromatic heterocycles. The van der Waals surface area contributed by atoms with Crippen LogP contribution in [0.15, 0.2) is 54.7 Å². The van der Waals surface area contributed by atoms with Crippen molar-refractivity contribution in [3.05, 3.63) is 70.9 Å². The Labute approximate surface area is 132 Å². The van der Waals surface area contributed by atoms with Crippen LogP contribution in [0, 0.1) is 0 Å². The van der Waals surface area contributed by atoms with Gasteiger partial charge in [-0.2, -0.15) is 0 Å². The zero-order valence-electron chi connectivity index (χ0n) is 11.5. The van der Waals surface area contributed by atoms with Gasteiger partial charge in [-0.05, 0) is 48.0 Å². The molecular formula is C16H14ClN3O2. The maximum absolute atomic E-state index is 11.8. The molecule has 2 rings (SSSR count). The van der Waals surface area contributed by atoms with Crippen LogP contribution in [-0.4, -0.2) is 11.9 Å². The SMILES string of the molecule is Nc1ccc(C(=O)NC(=O)N/C=C/c2cccc(Cl)c2)cc1. The lowest BCUT2D eigenvalue weighted by atomic mass is 10.2. The van der Waals surface area contributed by atoms with Crippen LogP contribution in [0.4, 0.5) is 10.5 Å². The number of anilines is 1. The Hall–Kier alpha value is -2.79. The first-order valence-corrected chi connectivity index (χ1v) is 6.82. The van der Waals surface area contributed by atoms with Gasteiger partial charge >= 0.3 is 6.03 Å². The van der Waals surface area contributed by atoms with E-state index in [2.05, 4.69) is 10.6 Å². The molecule has 0 aliphatic rings. The molecule has 2 aromatic rings. The third-order valence-electron chi connectivity index (χ3n) is 2.74. The number of amides is 3. The Morgan fingerprint density at radius 3 is 2.50 bits per heavy atom. The summed E-state index contributed by atoms with van der Waals surface area (Å²) >= 11 is 5.85. The van der Waals surface area contributed by atoms with Gasteiger partial charge in [0.2, 0.25) is 0 Å². The smallest absolute Gasteiger partial charge is 0.325 e. The van der Waals surface area contributed by atoms with E-state index in [4.69, 9.17) is 17.3 Å². The van der Waals surface area contributed by atoms with Gasteiger partial charge in [-0.25, -0.2) is 4.79 Å². The number of carbonyl (C=O) groups excluding carboxylic acids is 2. The van der Waals surface area contributed by atoms with Crippen LogP contribution in [0.1, 0.15) is 15.9 Å². The Balaban J connectivity index is 1.87. The highest BCUT2D eigenvalue weighted by Crippen LogP contribution is 2.11. The number of rotatable bonds is 3. The van der Waals surface area contributed by atoms with Crippen molar-refractivity contribution >= 4 is 35.3 Å². The summed E-state index contributed by atoms with van der Waals surface area (Å²) < 4.78 is 0. The predicted molar refractivity (Wildman–Crippen MR) is 87.3 cm³/mol. The van der Waals surface area contributed by atoms with Crippen molar-refractivity contribution in [3.63, 3.8) is 0 Å². The van der Waals surface area contributed by atoms with Crippen molar-refractivity contribution in [1.29, 1.82) is 0 Å². The maximum Gasteiger partial charge on any atom is 0.325 e. The fourth-order valence-corrected chi connectivity index (χ4v) is 1.87. The molecule has 4 N–H and O–H groups in total. The van der Waals surface area contributed by atoms with E-state index in [9.17, 15) is 9.59 Å². The van der Waals surface area contributed by atoms with Crippen molar-refractivity contribution in [2.45, 2.75) is 0 Å². The normalized spacial score (nSPS) is 10.4. The van der Waals surface area contributed by atoms with Crippen LogP contribution in [0.25, 0.3) is 6.08 Å².